The first-order valence-electron chi connectivity index (χ1n) is 8.24. The van der Waals surface area contributed by atoms with E-state index in [-0.39, 0.29) is 11.2 Å². The maximum absolute atomic E-state index is 13.3. The van der Waals surface area contributed by atoms with Crippen LogP contribution in [0.5, 0.6) is 0 Å². The summed E-state index contributed by atoms with van der Waals surface area (Å²) in [6, 6.07) is 6.54. The van der Waals surface area contributed by atoms with E-state index in [9.17, 15) is 9.18 Å². The average molecular weight is 286 g/mol. The van der Waals surface area contributed by atoms with Crippen molar-refractivity contribution in [1.29, 1.82) is 0 Å². The standard InChI is InChI=1S/C19H23FO/c1-18-8-14-5-15(9-18)11-19(10-14,12-18)17(21)7-13-3-2-4-16(20)6-13/h2-4,6,14-15H,5,7-12H2,1H3. The maximum Gasteiger partial charge on any atom is 0.143 e. The summed E-state index contributed by atoms with van der Waals surface area (Å²) in [5, 5.41) is 0. The Kier molecular flexibility index (Phi) is 2.83. The fraction of sp³-hybridized carbons (Fsp3) is 0.632. The zero-order valence-electron chi connectivity index (χ0n) is 12.7. The lowest BCUT2D eigenvalue weighted by Gasteiger charge is -2.60. The second-order valence-corrected chi connectivity index (χ2v) is 8.28. The molecule has 0 radical (unpaired) electrons. The van der Waals surface area contributed by atoms with Crippen LogP contribution in [-0.4, -0.2) is 5.78 Å². The van der Waals surface area contributed by atoms with E-state index in [0.717, 1.165) is 36.7 Å². The Bertz CT molecular complexity index is 577. The number of halogens is 1. The van der Waals surface area contributed by atoms with E-state index in [1.165, 1.54) is 31.4 Å². The summed E-state index contributed by atoms with van der Waals surface area (Å²) in [5.74, 6) is 1.65. The summed E-state index contributed by atoms with van der Waals surface area (Å²) in [6.45, 7) is 2.38. The summed E-state index contributed by atoms with van der Waals surface area (Å²) in [4.78, 5) is 13.0. The monoisotopic (exact) mass is 286 g/mol. The average Bonchev–Trinajstić information content (AvgIpc) is 2.35. The van der Waals surface area contributed by atoms with Crippen molar-refractivity contribution in [2.75, 3.05) is 0 Å². The molecule has 4 bridgehead atoms. The third-order valence-corrected chi connectivity index (χ3v) is 6.20. The zero-order chi connectivity index (χ0) is 14.7. The molecule has 0 saturated heterocycles. The molecule has 2 unspecified atom stereocenters. The number of benzene rings is 1. The van der Waals surface area contributed by atoms with Crippen LogP contribution in [0.25, 0.3) is 0 Å². The summed E-state index contributed by atoms with van der Waals surface area (Å²) >= 11 is 0. The highest BCUT2D eigenvalue weighted by Crippen LogP contribution is 2.65. The predicted octanol–water partition coefficient (Wildman–Crippen LogP) is 4.54. The molecule has 112 valence electrons. The molecule has 0 aromatic heterocycles. The topological polar surface area (TPSA) is 17.1 Å². The number of hydrogen-bond acceptors (Lipinski definition) is 1. The highest BCUT2D eigenvalue weighted by atomic mass is 19.1. The highest BCUT2D eigenvalue weighted by Gasteiger charge is 2.58. The van der Waals surface area contributed by atoms with Crippen LogP contribution in [0.2, 0.25) is 0 Å². The molecular weight excluding hydrogens is 263 g/mol. The molecule has 4 fully saturated rings. The smallest absolute Gasteiger partial charge is 0.143 e. The Morgan fingerprint density at radius 1 is 1.24 bits per heavy atom. The third kappa shape index (κ3) is 2.23. The molecule has 5 rings (SSSR count). The molecule has 0 aliphatic heterocycles. The minimum absolute atomic E-state index is 0.0921. The highest BCUT2D eigenvalue weighted by molar-refractivity contribution is 5.87. The van der Waals surface area contributed by atoms with Gasteiger partial charge in [0, 0.05) is 11.8 Å². The molecule has 4 aliphatic rings. The molecule has 4 saturated carbocycles. The minimum atomic E-state index is -0.238. The number of hydrogen-bond donors (Lipinski definition) is 0. The molecule has 1 aromatic carbocycles. The SMILES string of the molecule is CC12CC3CC(C1)CC(C(=O)Cc1cccc(F)c1)(C3)C2. The van der Waals surface area contributed by atoms with Gasteiger partial charge in [0.1, 0.15) is 11.6 Å². The van der Waals surface area contributed by atoms with Crippen molar-refractivity contribution in [3.63, 3.8) is 0 Å². The van der Waals surface area contributed by atoms with Crippen LogP contribution in [0, 0.1) is 28.5 Å². The van der Waals surface area contributed by atoms with E-state index < -0.39 is 0 Å². The van der Waals surface area contributed by atoms with Crippen molar-refractivity contribution in [3.05, 3.63) is 35.6 Å². The van der Waals surface area contributed by atoms with Gasteiger partial charge in [0.25, 0.3) is 0 Å². The Morgan fingerprint density at radius 2 is 1.95 bits per heavy atom. The predicted molar refractivity (Wildman–Crippen MR) is 80.3 cm³/mol. The molecule has 0 spiro atoms. The fourth-order valence-electron chi connectivity index (χ4n) is 6.07. The van der Waals surface area contributed by atoms with E-state index in [1.54, 1.807) is 6.07 Å². The Labute approximate surface area is 125 Å². The van der Waals surface area contributed by atoms with E-state index in [2.05, 4.69) is 6.92 Å². The van der Waals surface area contributed by atoms with E-state index >= 15 is 0 Å². The first-order chi connectivity index (χ1) is 9.96. The molecule has 21 heavy (non-hydrogen) atoms. The van der Waals surface area contributed by atoms with Crippen LogP contribution < -0.4 is 0 Å². The Morgan fingerprint density at radius 3 is 2.57 bits per heavy atom. The normalized spacial score (nSPS) is 40.5. The summed E-state index contributed by atoms with van der Waals surface area (Å²) in [5.41, 5.74) is 1.13. The molecular formula is C19H23FO. The first-order valence-corrected chi connectivity index (χ1v) is 8.24. The second kappa shape index (κ2) is 4.41. The van der Waals surface area contributed by atoms with Gasteiger partial charge >= 0.3 is 0 Å². The van der Waals surface area contributed by atoms with E-state index in [4.69, 9.17) is 0 Å². The lowest BCUT2D eigenvalue weighted by molar-refractivity contribution is -0.152. The molecule has 4 aliphatic carbocycles. The summed E-state index contributed by atoms with van der Waals surface area (Å²) < 4.78 is 13.3. The first kappa shape index (κ1) is 13.5. The van der Waals surface area contributed by atoms with Crippen LogP contribution in [0.4, 0.5) is 4.39 Å². The molecule has 0 amide bonds. The van der Waals surface area contributed by atoms with E-state index in [1.807, 2.05) is 6.07 Å². The maximum atomic E-state index is 13.3. The van der Waals surface area contributed by atoms with Gasteiger partial charge in [-0.25, -0.2) is 4.39 Å². The van der Waals surface area contributed by atoms with Crippen LogP contribution >= 0.6 is 0 Å². The van der Waals surface area contributed by atoms with Crippen molar-refractivity contribution >= 4 is 5.78 Å². The van der Waals surface area contributed by atoms with Crippen LogP contribution in [0.3, 0.4) is 0 Å². The summed E-state index contributed by atoms with van der Waals surface area (Å²) in [6.07, 6.45) is 7.64. The molecule has 0 heterocycles. The van der Waals surface area contributed by atoms with Crippen LogP contribution in [0.1, 0.15) is 51.0 Å². The van der Waals surface area contributed by atoms with Crippen LogP contribution in [-0.2, 0) is 11.2 Å². The number of carbonyl (C=O) groups excluding carboxylic acids is 1. The molecule has 2 heteroatoms. The Hall–Kier alpha value is -1.18. The lowest BCUT2D eigenvalue weighted by Crippen LogP contribution is -2.54. The minimum Gasteiger partial charge on any atom is -0.299 e. The lowest BCUT2D eigenvalue weighted by atomic mass is 9.43. The molecule has 1 aromatic rings. The number of rotatable bonds is 3. The van der Waals surface area contributed by atoms with Gasteiger partial charge in [-0.3, -0.25) is 4.79 Å². The van der Waals surface area contributed by atoms with Gasteiger partial charge in [0.2, 0.25) is 0 Å². The zero-order valence-corrected chi connectivity index (χ0v) is 12.7. The van der Waals surface area contributed by atoms with Gasteiger partial charge < -0.3 is 0 Å². The van der Waals surface area contributed by atoms with Gasteiger partial charge in [-0.05, 0) is 73.5 Å². The van der Waals surface area contributed by atoms with Gasteiger partial charge in [-0.2, -0.15) is 0 Å². The van der Waals surface area contributed by atoms with Gasteiger partial charge in [0.15, 0.2) is 0 Å². The van der Waals surface area contributed by atoms with E-state index in [0.29, 0.717) is 17.6 Å². The number of ketones is 1. The van der Waals surface area contributed by atoms with Crippen molar-refractivity contribution in [3.8, 4) is 0 Å². The molecule has 0 N–H and O–H groups in total. The van der Waals surface area contributed by atoms with Crippen molar-refractivity contribution < 1.29 is 9.18 Å². The van der Waals surface area contributed by atoms with Crippen molar-refractivity contribution in [2.45, 2.75) is 51.9 Å². The van der Waals surface area contributed by atoms with Crippen molar-refractivity contribution in [1.82, 2.24) is 0 Å². The fourth-order valence-corrected chi connectivity index (χ4v) is 6.07. The van der Waals surface area contributed by atoms with Gasteiger partial charge in [-0.15, -0.1) is 0 Å². The third-order valence-electron chi connectivity index (χ3n) is 6.20. The molecule has 1 nitrogen and oxygen atoms in total. The molecule has 2 atom stereocenters. The largest absolute Gasteiger partial charge is 0.299 e. The second-order valence-electron chi connectivity index (χ2n) is 8.28. The van der Waals surface area contributed by atoms with Crippen LogP contribution in [0.15, 0.2) is 24.3 Å². The summed E-state index contributed by atoms with van der Waals surface area (Å²) in [7, 11) is 0. The Balaban J connectivity index is 1.59. The van der Waals surface area contributed by atoms with Gasteiger partial charge in [0.05, 0.1) is 0 Å². The number of carbonyl (C=O) groups is 1. The van der Waals surface area contributed by atoms with Gasteiger partial charge in [-0.1, -0.05) is 19.1 Å². The quantitative estimate of drug-likeness (QED) is 0.797. The van der Waals surface area contributed by atoms with Crippen molar-refractivity contribution in [2.24, 2.45) is 22.7 Å². The number of Topliss-reactive ketones (excluding diaryl/α,β-unsaturated/α-hetero) is 1.